The van der Waals surface area contributed by atoms with Gasteiger partial charge in [0.2, 0.25) is 0 Å². The number of likely N-dealkylation sites (tertiary alicyclic amines) is 1. The summed E-state index contributed by atoms with van der Waals surface area (Å²) in [7, 11) is 4.09. The van der Waals surface area contributed by atoms with Gasteiger partial charge in [-0.25, -0.2) is 0 Å². The van der Waals surface area contributed by atoms with Gasteiger partial charge in [0.1, 0.15) is 12.2 Å². The van der Waals surface area contributed by atoms with E-state index in [4.69, 9.17) is 9.47 Å². The minimum absolute atomic E-state index is 0.00508. The summed E-state index contributed by atoms with van der Waals surface area (Å²) in [5.74, 6) is -0.160. The Morgan fingerprint density at radius 3 is 1.88 bits per heavy atom. The lowest BCUT2D eigenvalue weighted by Crippen LogP contribution is -2.60. The third kappa shape index (κ3) is 11.2. The summed E-state index contributed by atoms with van der Waals surface area (Å²) < 4.78 is 11.4. The lowest BCUT2D eigenvalue weighted by molar-refractivity contribution is -0.159. The van der Waals surface area contributed by atoms with Gasteiger partial charge < -0.3 is 14.8 Å². The topological polar surface area (TPSA) is 67.9 Å². The van der Waals surface area contributed by atoms with Crippen LogP contribution >= 0.6 is 0 Å². The third-order valence-electron chi connectivity index (χ3n) is 7.39. The van der Waals surface area contributed by atoms with E-state index in [1.165, 1.54) is 0 Å². The number of nitrogens with one attached hydrogen (secondary N) is 1. The number of carbonyl (C=O) groups is 2. The largest absolute Gasteiger partial charge is 0.463 e. The van der Waals surface area contributed by atoms with E-state index in [0.29, 0.717) is 12.8 Å². The van der Waals surface area contributed by atoms with Crippen LogP contribution in [0.1, 0.15) is 119 Å². The van der Waals surface area contributed by atoms with Crippen LogP contribution in [0.2, 0.25) is 0 Å². The Morgan fingerprint density at radius 2 is 1.39 bits per heavy atom. The van der Waals surface area contributed by atoms with Gasteiger partial charge in [0.05, 0.1) is 0 Å². The molecule has 0 radical (unpaired) electrons. The third-order valence-corrected chi connectivity index (χ3v) is 7.39. The Hall–Kier alpha value is -1.14. The predicted octanol–water partition coefficient (Wildman–Crippen LogP) is 5.62. The van der Waals surface area contributed by atoms with Crippen molar-refractivity contribution in [2.45, 2.75) is 148 Å². The number of carbonyl (C=O) groups excluding carboxylic acids is 2. The van der Waals surface area contributed by atoms with E-state index in [2.05, 4.69) is 58.8 Å². The summed E-state index contributed by atoms with van der Waals surface area (Å²) in [5.41, 5.74) is 0.0212. The number of hydrogen-bond donors (Lipinski definition) is 1. The summed E-state index contributed by atoms with van der Waals surface area (Å²) >= 11 is 0. The molecule has 0 aromatic heterocycles. The Labute approximate surface area is 203 Å². The molecule has 1 heterocycles. The molecule has 0 bridgehead atoms. The maximum Gasteiger partial charge on any atom is 0.306 e. The second kappa shape index (κ2) is 13.1. The van der Waals surface area contributed by atoms with E-state index in [9.17, 15) is 9.59 Å². The van der Waals surface area contributed by atoms with Gasteiger partial charge >= 0.3 is 11.9 Å². The zero-order chi connectivity index (χ0) is 25.3. The minimum Gasteiger partial charge on any atom is -0.463 e. The maximum atomic E-state index is 12.3. The lowest BCUT2D eigenvalue weighted by atomic mass is 9.79. The van der Waals surface area contributed by atoms with Gasteiger partial charge in [-0.2, -0.15) is 0 Å². The first-order valence-electron chi connectivity index (χ1n) is 13.0. The molecule has 1 fully saturated rings. The first-order chi connectivity index (χ1) is 15.2. The van der Waals surface area contributed by atoms with Gasteiger partial charge in [0.25, 0.3) is 0 Å². The van der Waals surface area contributed by atoms with Gasteiger partial charge in [-0.1, -0.05) is 25.7 Å². The van der Waals surface area contributed by atoms with E-state index in [0.717, 1.165) is 57.8 Å². The number of unbranched alkanes of at least 4 members (excludes halogenated alkanes) is 5. The summed E-state index contributed by atoms with van der Waals surface area (Å²) in [6.07, 6.45) is 9.44. The standard InChI is InChI=1S/C27H52N2O4/c1-21(18-25(2,3)28-8)32-23(30)16-14-12-10-11-13-15-17-24(31)33-22-19-26(4,5)29(9)27(6,7)20-22/h21-22,28H,10-20H2,1-9H3. The van der Waals surface area contributed by atoms with Crippen LogP contribution in [-0.2, 0) is 19.1 Å². The quantitative estimate of drug-likeness (QED) is 0.263. The molecule has 1 atom stereocenters. The predicted molar refractivity (Wildman–Crippen MR) is 135 cm³/mol. The van der Waals surface area contributed by atoms with Crippen molar-refractivity contribution in [3.05, 3.63) is 0 Å². The summed E-state index contributed by atoms with van der Waals surface area (Å²) in [4.78, 5) is 26.7. The fourth-order valence-electron chi connectivity index (χ4n) is 5.00. The molecule has 33 heavy (non-hydrogen) atoms. The number of rotatable bonds is 14. The van der Waals surface area contributed by atoms with Crippen molar-refractivity contribution in [2.24, 2.45) is 0 Å². The van der Waals surface area contributed by atoms with Crippen LogP contribution in [0.4, 0.5) is 0 Å². The van der Waals surface area contributed by atoms with Gasteiger partial charge in [0, 0.05) is 48.7 Å². The van der Waals surface area contributed by atoms with E-state index in [1.807, 2.05) is 14.0 Å². The smallest absolute Gasteiger partial charge is 0.306 e. The van der Waals surface area contributed by atoms with Crippen molar-refractivity contribution in [3.8, 4) is 0 Å². The lowest BCUT2D eigenvalue weighted by Gasteiger charge is -2.53. The molecule has 0 aromatic rings. The fraction of sp³-hybridized carbons (Fsp3) is 0.926. The summed E-state index contributed by atoms with van der Waals surface area (Å²) in [6.45, 7) is 15.1. The molecule has 194 valence electrons. The highest BCUT2D eigenvalue weighted by molar-refractivity contribution is 5.69. The molecule has 1 unspecified atom stereocenters. The zero-order valence-corrected chi connectivity index (χ0v) is 23.0. The molecule has 6 nitrogen and oxygen atoms in total. The van der Waals surface area contributed by atoms with Crippen molar-refractivity contribution in [1.82, 2.24) is 10.2 Å². The van der Waals surface area contributed by atoms with Gasteiger partial charge in [0.15, 0.2) is 0 Å². The van der Waals surface area contributed by atoms with Crippen LogP contribution in [-0.4, -0.2) is 59.8 Å². The highest BCUT2D eigenvalue weighted by Crippen LogP contribution is 2.38. The van der Waals surface area contributed by atoms with Crippen LogP contribution in [0.3, 0.4) is 0 Å². The normalized spacial score (nSPS) is 19.8. The Bertz CT molecular complexity index is 597. The SMILES string of the molecule is CNC(C)(C)CC(C)OC(=O)CCCCCCCCC(=O)OC1CC(C)(C)N(C)C(C)(C)C1. The van der Waals surface area contributed by atoms with Crippen molar-refractivity contribution in [3.63, 3.8) is 0 Å². The molecule has 0 aromatic carbocycles. The summed E-state index contributed by atoms with van der Waals surface area (Å²) in [5, 5.41) is 3.24. The Balaban J connectivity index is 2.10. The van der Waals surface area contributed by atoms with Crippen LogP contribution < -0.4 is 5.32 Å². The van der Waals surface area contributed by atoms with Crippen molar-refractivity contribution in [2.75, 3.05) is 14.1 Å². The number of piperidine rings is 1. The first-order valence-corrected chi connectivity index (χ1v) is 13.0. The molecule has 1 saturated heterocycles. The molecular weight excluding hydrogens is 416 g/mol. The van der Waals surface area contributed by atoms with Crippen LogP contribution in [0.25, 0.3) is 0 Å². The molecule has 0 amide bonds. The van der Waals surface area contributed by atoms with Gasteiger partial charge in [-0.15, -0.1) is 0 Å². The average molecular weight is 469 g/mol. The first kappa shape index (κ1) is 29.9. The Morgan fingerprint density at radius 1 is 0.939 bits per heavy atom. The highest BCUT2D eigenvalue weighted by Gasteiger charge is 2.44. The van der Waals surface area contributed by atoms with Crippen LogP contribution in [0.15, 0.2) is 0 Å². The average Bonchev–Trinajstić information content (AvgIpc) is 2.67. The summed E-state index contributed by atoms with van der Waals surface area (Å²) in [6, 6.07) is 0. The molecule has 1 rings (SSSR count). The molecule has 0 saturated carbocycles. The van der Waals surface area contributed by atoms with Gasteiger partial charge in [-0.05, 0) is 75.4 Å². The second-order valence-electron chi connectivity index (χ2n) is 12.0. The second-order valence-corrected chi connectivity index (χ2v) is 12.0. The van der Waals surface area contributed by atoms with Crippen molar-refractivity contribution >= 4 is 11.9 Å². The molecule has 0 spiro atoms. The number of hydrogen-bond acceptors (Lipinski definition) is 6. The molecular formula is C27H52N2O4. The van der Waals surface area contributed by atoms with Crippen molar-refractivity contribution < 1.29 is 19.1 Å². The van der Waals surface area contributed by atoms with E-state index in [1.54, 1.807) is 0 Å². The Kier molecular flexibility index (Phi) is 11.9. The number of ether oxygens (including phenoxy) is 2. The molecule has 1 N–H and O–H groups in total. The van der Waals surface area contributed by atoms with Crippen LogP contribution in [0.5, 0.6) is 0 Å². The number of esters is 2. The number of nitrogens with zero attached hydrogens (tertiary/aromatic N) is 1. The van der Waals surface area contributed by atoms with E-state index in [-0.39, 0.29) is 40.8 Å². The fourth-order valence-corrected chi connectivity index (χ4v) is 5.00. The van der Waals surface area contributed by atoms with Crippen molar-refractivity contribution in [1.29, 1.82) is 0 Å². The van der Waals surface area contributed by atoms with Gasteiger partial charge in [-0.3, -0.25) is 14.5 Å². The van der Waals surface area contributed by atoms with E-state index < -0.39 is 0 Å². The molecule has 1 aliphatic heterocycles. The minimum atomic E-state index is -0.0996. The monoisotopic (exact) mass is 468 g/mol. The van der Waals surface area contributed by atoms with Crippen LogP contribution in [0, 0.1) is 0 Å². The molecule has 0 aliphatic carbocycles. The highest BCUT2D eigenvalue weighted by atomic mass is 16.5. The zero-order valence-electron chi connectivity index (χ0n) is 23.0. The molecule has 6 heteroatoms. The molecule has 1 aliphatic rings. The maximum absolute atomic E-state index is 12.3. The van der Waals surface area contributed by atoms with E-state index >= 15 is 0 Å².